The Labute approximate surface area is 193 Å². The number of halogens is 1. The van der Waals surface area contributed by atoms with Crippen molar-refractivity contribution in [2.24, 2.45) is 4.99 Å². The van der Waals surface area contributed by atoms with Gasteiger partial charge in [0, 0.05) is 29.2 Å². The van der Waals surface area contributed by atoms with Gasteiger partial charge < -0.3 is 20.4 Å². The maximum atomic E-state index is 13.0. The van der Waals surface area contributed by atoms with Crippen LogP contribution in [0.15, 0.2) is 53.5 Å². The fourth-order valence-corrected chi connectivity index (χ4v) is 4.40. The molecule has 8 heteroatoms. The minimum Gasteiger partial charge on any atom is -0.349 e. The number of nitrogens with zero attached hydrogens (tertiary/aromatic N) is 3. The number of thiocarbonyl (C=S) groups is 1. The van der Waals surface area contributed by atoms with Gasteiger partial charge in [-0.2, -0.15) is 0 Å². The van der Waals surface area contributed by atoms with Crippen LogP contribution in [0, 0.1) is 0 Å². The summed E-state index contributed by atoms with van der Waals surface area (Å²) in [6.45, 7) is 2.07. The van der Waals surface area contributed by atoms with Gasteiger partial charge in [0.1, 0.15) is 0 Å². The standard InChI is InChI=1S/C23H26ClN5OS/c1-28-12-10-17(11-13-28)29(2)23(31)27-21-22(30)25-19-9-8-16(24)14-18(19)20(26-21)15-6-4-3-5-7-15/h3-9,14,17,21H,10-13H2,1-2H3,(H,25,30)(H,27,31). The number of fused-ring (bicyclic) bond motifs is 1. The molecule has 2 aliphatic rings. The number of aliphatic imine (C=N–C) groups is 1. The fraction of sp³-hybridized carbons (Fsp3) is 0.348. The number of likely N-dealkylation sites (tertiary alicyclic amines) is 1. The van der Waals surface area contributed by atoms with Crippen molar-refractivity contribution < 1.29 is 4.79 Å². The minimum absolute atomic E-state index is 0.256. The molecule has 2 aromatic carbocycles. The van der Waals surface area contributed by atoms with E-state index in [1.165, 1.54) is 0 Å². The second-order valence-corrected chi connectivity index (χ2v) is 8.84. The number of amides is 1. The first-order valence-corrected chi connectivity index (χ1v) is 11.2. The Hall–Kier alpha value is -2.48. The smallest absolute Gasteiger partial charge is 0.269 e. The Morgan fingerprint density at radius 3 is 2.65 bits per heavy atom. The monoisotopic (exact) mass is 455 g/mol. The van der Waals surface area contributed by atoms with Crippen molar-refractivity contribution in [3.05, 3.63) is 64.7 Å². The summed E-state index contributed by atoms with van der Waals surface area (Å²) in [5.41, 5.74) is 3.06. The highest BCUT2D eigenvalue weighted by Gasteiger charge is 2.29. The first kappa shape index (κ1) is 21.7. The summed E-state index contributed by atoms with van der Waals surface area (Å²) < 4.78 is 0. The highest BCUT2D eigenvalue weighted by Crippen LogP contribution is 2.27. The van der Waals surface area contributed by atoms with E-state index >= 15 is 0 Å². The van der Waals surface area contributed by atoms with E-state index in [1.807, 2.05) is 43.4 Å². The van der Waals surface area contributed by atoms with Gasteiger partial charge in [0.05, 0.1) is 11.4 Å². The Morgan fingerprint density at radius 2 is 1.94 bits per heavy atom. The van der Waals surface area contributed by atoms with Gasteiger partial charge in [-0.3, -0.25) is 4.79 Å². The Morgan fingerprint density at radius 1 is 1.23 bits per heavy atom. The highest BCUT2D eigenvalue weighted by molar-refractivity contribution is 7.80. The van der Waals surface area contributed by atoms with Gasteiger partial charge in [-0.25, -0.2) is 4.99 Å². The SMILES string of the molecule is CN1CCC(N(C)C(=S)NC2N=C(c3ccccc3)c3cc(Cl)ccc3NC2=O)CC1. The number of rotatable bonds is 3. The average Bonchev–Trinajstić information content (AvgIpc) is 2.91. The first-order chi connectivity index (χ1) is 14.9. The number of carbonyl (C=O) groups is 1. The van der Waals surface area contributed by atoms with Crippen LogP contribution in [-0.4, -0.2) is 65.9 Å². The molecule has 162 valence electrons. The molecular weight excluding hydrogens is 430 g/mol. The predicted molar refractivity (Wildman–Crippen MR) is 130 cm³/mol. The van der Waals surface area contributed by atoms with E-state index in [4.69, 9.17) is 28.8 Å². The van der Waals surface area contributed by atoms with Gasteiger partial charge in [0.15, 0.2) is 5.11 Å². The van der Waals surface area contributed by atoms with E-state index in [0.717, 1.165) is 37.1 Å². The minimum atomic E-state index is -0.845. The van der Waals surface area contributed by atoms with Crippen LogP contribution in [0.4, 0.5) is 5.69 Å². The molecule has 0 saturated carbocycles. The molecule has 2 aromatic rings. The van der Waals surface area contributed by atoms with Crippen LogP contribution in [0.1, 0.15) is 24.0 Å². The van der Waals surface area contributed by atoms with E-state index in [0.29, 0.717) is 27.6 Å². The zero-order chi connectivity index (χ0) is 22.0. The molecule has 0 aromatic heterocycles. The second kappa shape index (κ2) is 9.34. The number of nitrogens with one attached hydrogen (secondary N) is 2. The molecule has 2 N–H and O–H groups in total. The molecule has 4 rings (SSSR count). The van der Waals surface area contributed by atoms with Gasteiger partial charge in [-0.1, -0.05) is 41.9 Å². The number of benzene rings is 2. The lowest BCUT2D eigenvalue weighted by molar-refractivity contribution is -0.117. The summed E-state index contributed by atoms with van der Waals surface area (Å²) in [4.78, 5) is 22.2. The Balaban J connectivity index is 1.62. The average molecular weight is 456 g/mol. The van der Waals surface area contributed by atoms with Crippen molar-refractivity contribution in [1.29, 1.82) is 0 Å². The van der Waals surface area contributed by atoms with Gasteiger partial charge in [-0.15, -0.1) is 0 Å². The quantitative estimate of drug-likeness (QED) is 0.695. The van der Waals surface area contributed by atoms with E-state index in [2.05, 4.69) is 27.5 Å². The Kier molecular flexibility index (Phi) is 6.55. The number of anilines is 1. The molecule has 1 unspecified atom stereocenters. The Bertz CT molecular complexity index is 1000. The summed E-state index contributed by atoms with van der Waals surface area (Å²) in [6, 6.07) is 15.5. The van der Waals surface area contributed by atoms with Crippen LogP contribution < -0.4 is 10.6 Å². The zero-order valence-electron chi connectivity index (χ0n) is 17.6. The third-order valence-electron chi connectivity index (χ3n) is 5.86. The second-order valence-electron chi connectivity index (χ2n) is 8.02. The van der Waals surface area contributed by atoms with Crippen molar-refractivity contribution in [3.63, 3.8) is 0 Å². The predicted octanol–water partition coefficient (Wildman–Crippen LogP) is 3.36. The number of carbonyl (C=O) groups excluding carboxylic acids is 1. The highest BCUT2D eigenvalue weighted by atomic mass is 35.5. The lowest BCUT2D eigenvalue weighted by Gasteiger charge is -2.36. The molecule has 0 spiro atoms. The number of benzodiazepines with no additional fused rings is 1. The van der Waals surface area contributed by atoms with Gasteiger partial charge >= 0.3 is 0 Å². The molecule has 1 saturated heterocycles. The normalized spacial score (nSPS) is 19.6. The van der Waals surface area contributed by atoms with E-state index in [-0.39, 0.29) is 5.91 Å². The summed E-state index contributed by atoms with van der Waals surface area (Å²) in [5, 5.41) is 7.25. The topological polar surface area (TPSA) is 60.0 Å². The maximum Gasteiger partial charge on any atom is 0.269 e. The van der Waals surface area contributed by atoms with Crippen molar-refractivity contribution >= 4 is 46.2 Å². The molecule has 1 amide bonds. The van der Waals surface area contributed by atoms with Crippen LogP contribution in [-0.2, 0) is 4.79 Å². The number of hydrogen-bond donors (Lipinski definition) is 2. The number of hydrogen-bond acceptors (Lipinski definition) is 4. The number of piperidine rings is 1. The summed E-state index contributed by atoms with van der Waals surface area (Å²) >= 11 is 11.9. The van der Waals surface area contributed by atoms with Crippen molar-refractivity contribution in [2.75, 3.05) is 32.5 Å². The van der Waals surface area contributed by atoms with Crippen molar-refractivity contribution in [3.8, 4) is 0 Å². The zero-order valence-corrected chi connectivity index (χ0v) is 19.2. The lowest BCUT2D eigenvalue weighted by atomic mass is 10.0. The maximum absolute atomic E-state index is 13.0. The van der Waals surface area contributed by atoms with Crippen LogP contribution >= 0.6 is 23.8 Å². The third kappa shape index (κ3) is 4.89. The molecular formula is C23H26ClN5OS. The molecule has 0 aliphatic carbocycles. The molecule has 31 heavy (non-hydrogen) atoms. The molecule has 1 atom stereocenters. The van der Waals surface area contributed by atoms with Gasteiger partial charge in [-0.05, 0) is 63.4 Å². The molecule has 0 radical (unpaired) electrons. The summed E-state index contributed by atoms with van der Waals surface area (Å²) in [6.07, 6.45) is 1.23. The van der Waals surface area contributed by atoms with E-state index < -0.39 is 6.17 Å². The third-order valence-corrected chi connectivity index (χ3v) is 6.51. The van der Waals surface area contributed by atoms with Crippen LogP contribution in [0.3, 0.4) is 0 Å². The molecule has 2 aliphatic heterocycles. The molecule has 0 bridgehead atoms. The van der Waals surface area contributed by atoms with Crippen LogP contribution in [0.5, 0.6) is 0 Å². The fourth-order valence-electron chi connectivity index (χ4n) is 3.97. The van der Waals surface area contributed by atoms with E-state index in [1.54, 1.807) is 12.1 Å². The van der Waals surface area contributed by atoms with Gasteiger partial charge in [0.2, 0.25) is 6.17 Å². The largest absolute Gasteiger partial charge is 0.349 e. The lowest BCUT2D eigenvalue weighted by Crippen LogP contribution is -2.52. The first-order valence-electron chi connectivity index (χ1n) is 10.4. The van der Waals surface area contributed by atoms with Crippen LogP contribution in [0.2, 0.25) is 5.02 Å². The summed E-state index contributed by atoms with van der Waals surface area (Å²) in [5.74, 6) is -0.256. The molecule has 1 fully saturated rings. The van der Waals surface area contributed by atoms with Crippen molar-refractivity contribution in [1.82, 2.24) is 15.1 Å². The van der Waals surface area contributed by atoms with Crippen LogP contribution in [0.25, 0.3) is 0 Å². The molecule has 6 nitrogen and oxygen atoms in total. The molecule has 2 heterocycles. The summed E-state index contributed by atoms with van der Waals surface area (Å²) in [7, 11) is 4.11. The van der Waals surface area contributed by atoms with E-state index in [9.17, 15) is 4.79 Å². The van der Waals surface area contributed by atoms with Gasteiger partial charge in [0.25, 0.3) is 5.91 Å². The van der Waals surface area contributed by atoms with Crippen molar-refractivity contribution in [2.45, 2.75) is 25.0 Å².